The summed E-state index contributed by atoms with van der Waals surface area (Å²) < 4.78 is 33.2. The molecule has 0 aliphatic heterocycles. The van der Waals surface area contributed by atoms with Crippen molar-refractivity contribution < 1.29 is 17.6 Å². The van der Waals surface area contributed by atoms with E-state index in [2.05, 4.69) is 37.2 Å². The molecule has 0 saturated carbocycles. The van der Waals surface area contributed by atoms with E-state index in [1.807, 2.05) is 4.72 Å². The third kappa shape index (κ3) is 3.63. The summed E-state index contributed by atoms with van der Waals surface area (Å²) in [5, 5.41) is 2.76. The van der Waals surface area contributed by atoms with Gasteiger partial charge in [-0.05, 0) is 56.1 Å². The number of rotatable bonds is 3. The van der Waals surface area contributed by atoms with Crippen LogP contribution in [0.1, 0.15) is 0 Å². The number of amides is 2. The van der Waals surface area contributed by atoms with Crippen molar-refractivity contribution in [3.8, 4) is 0 Å². The van der Waals surface area contributed by atoms with E-state index in [1.54, 1.807) is 42.5 Å². The highest BCUT2D eigenvalue weighted by Gasteiger charge is 2.22. The van der Waals surface area contributed by atoms with Crippen LogP contribution in [0.15, 0.2) is 67.0 Å². The van der Waals surface area contributed by atoms with Crippen LogP contribution in [0.3, 0.4) is 0 Å². The maximum atomic E-state index is 12.2. The highest BCUT2D eigenvalue weighted by atomic mass is 79.9. The maximum absolute atomic E-state index is 12.2. The predicted molar refractivity (Wildman–Crippen MR) is 97.4 cm³/mol. The first-order chi connectivity index (χ1) is 11.3. The Morgan fingerprint density at radius 1 is 1.00 bits per heavy atom. The Morgan fingerprint density at radius 2 is 1.75 bits per heavy atom. The minimum absolute atomic E-state index is 0.323. The smallest absolute Gasteiger partial charge is 0.333 e. The SMILES string of the molecule is O=C(Nc1ccc(Br)c(Br)c1)NS(=O)(=O)c1cc2ccccc2o1. The molecule has 9 heteroatoms. The van der Waals surface area contributed by atoms with Crippen molar-refractivity contribution in [2.75, 3.05) is 5.32 Å². The van der Waals surface area contributed by atoms with Gasteiger partial charge in [-0.1, -0.05) is 18.2 Å². The van der Waals surface area contributed by atoms with Crippen molar-refractivity contribution in [1.82, 2.24) is 4.72 Å². The second kappa shape index (κ2) is 6.58. The van der Waals surface area contributed by atoms with E-state index in [1.165, 1.54) is 6.07 Å². The van der Waals surface area contributed by atoms with Gasteiger partial charge in [0.15, 0.2) is 0 Å². The van der Waals surface area contributed by atoms with Gasteiger partial charge in [0.05, 0.1) is 0 Å². The van der Waals surface area contributed by atoms with Gasteiger partial charge in [-0.15, -0.1) is 0 Å². The number of carbonyl (C=O) groups excluding carboxylic acids is 1. The molecule has 1 aromatic heterocycles. The Bertz CT molecular complexity index is 998. The molecular weight excluding hydrogens is 464 g/mol. The summed E-state index contributed by atoms with van der Waals surface area (Å²) in [4.78, 5) is 11.9. The second-order valence-electron chi connectivity index (χ2n) is 4.79. The number of furan rings is 1. The summed E-state index contributed by atoms with van der Waals surface area (Å²) in [6.45, 7) is 0. The van der Waals surface area contributed by atoms with Gasteiger partial charge in [0.2, 0.25) is 5.09 Å². The molecule has 0 bridgehead atoms. The quantitative estimate of drug-likeness (QED) is 0.587. The molecule has 0 unspecified atom stereocenters. The summed E-state index contributed by atoms with van der Waals surface area (Å²) >= 11 is 6.61. The number of halogens is 2. The van der Waals surface area contributed by atoms with Gasteiger partial charge in [0.1, 0.15) is 5.58 Å². The molecule has 24 heavy (non-hydrogen) atoms. The molecule has 3 rings (SSSR count). The number of hydrogen-bond acceptors (Lipinski definition) is 4. The summed E-state index contributed by atoms with van der Waals surface area (Å²) in [5.41, 5.74) is 0.859. The van der Waals surface area contributed by atoms with Crippen LogP contribution in [0, 0.1) is 0 Å². The maximum Gasteiger partial charge on any atom is 0.333 e. The zero-order chi connectivity index (χ0) is 17.3. The monoisotopic (exact) mass is 472 g/mol. The first kappa shape index (κ1) is 17.0. The molecular formula is C15H10Br2N2O4S. The van der Waals surface area contributed by atoms with Crippen LogP contribution in [0.2, 0.25) is 0 Å². The Morgan fingerprint density at radius 3 is 2.46 bits per heavy atom. The average molecular weight is 474 g/mol. The summed E-state index contributed by atoms with van der Waals surface area (Å²) in [6, 6.07) is 12.3. The van der Waals surface area contributed by atoms with Crippen LogP contribution in [0.4, 0.5) is 10.5 Å². The van der Waals surface area contributed by atoms with Crippen molar-refractivity contribution in [3.63, 3.8) is 0 Å². The van der Waals surface area contributed by atoms with Crippen molar-refractivity contribution in [3.05, 3.63) is 57.5 Å². The molecule has 2 N–H and O–H groups in total. The zero-order valence-electron chi connectivity index (χ0n) is 11.9. The molecule has 1 heterocycles. The molecule has 3 aromatic rings. The number of sulfonamides is 1. The Kier molecular flexibility index (Phi) is 4.66. The summed E-state index contributed by atoms with van der Waals surface area (Å²) in [6.07, 6.45) is 0. The number of nitrogens with one attached hydrogen (secondary N) is 2. The van der Waals surface area contributed by atoms with Gasteiger partial charge < -0.3 is 9.73 Å². The lowest BCUT2D eigenvalue weighted by atomic mass is 10.3. The number of urea groups is 1. The molecule has 0 aliphatic carbocycles. The first-order valence-corrected chi connectivity index (χ1v) is 9.69. The van der Waals surface area contributed by atoms with E-state index < -0.39 is 16.1 Å². The Hall–Kier alpha value is -1.84. The molecule has 2 aromatic carbocycles. The molecule has 124 valence electrons. The van der Waals surface area contributed by atoms with E-state index in [9.17, 15) is 13.2 Å². The zero-order valence-corrected chi connectivity index (χ0v) is 15.9. The average Bonchev–Trinajstić information content (AvgIpc) is 2.95. The van der Waals surface area contributed by atoms with Crippen LogP contribution in [0.5, 0.6) is 0 Å². The molecule has 6 nitrogen and oxygen atoms in total. The second-order valence-corrected chi connectivity index (χ2v) is 8.11. The van der Waals surface area contributed by atoms with E-state index in [-0.39, 0.29) is 5.09 Å². The number of benzene rings is 2. The van der Waals surface area contributed by atoms with Crippen LogP contribution in [-0.2, 0) is 10.0 Å². The lowest BCUT2D eigenvalue weighted by Gasteiger charge is -2.08. The minimum Gasteiger partial charge on any atom is -0.443 e. The molecule has 0 fully saturated rings. The van der Waals surface area contributed by atoms with Crippen molar-refractivity contribution >= 4 is 64.6 Å². The Balaban J connectivity index is 1.78. The third-order valence-corrected chi connectivity index (χ3v) is 6.14. The topological polar surface area (TPSA) is 88.4 Å². The van der Waals surface area contributed by atoms with Gasteiger partial charge >= 0.3 is 6.03 Å². The number of para-hydroxylation sites is 1. The molecule has 0 saturated heterocycles. The fourth-order valence-corrected chi connectivity index (χ4v) is 3.50. The highest BCUT2D eigenvalue weighted by molar-refractivity contribution is 9.13. The standard InChI is InChI=1S/C15H10Br2N2O4S/c16-11-6-5-10(8-12(11)17)18-15(20)19-24(21,22)14-7-9-3-1-2-4-13(9)23-14/h1-8H,(H2,18,19,20). The van der Waals surface area contributed by atoms with Gasteiger partial charge in [0.25, 0.3) is 10.0 Å². The van der Waals surface area contributed by atoms with Crippen LogP contribution in [0.25, 0.3) is 11.0 Å². The molecule has 0 aliphatic rings. The first-order valence-electron chi connectivity index (χ1n) is 6.62. The number of anilines is 1. The van der Waals surface area contributed by atoms with Crippen LogP contribution in [-0.4, -0.2) is 14.4 Å². The van der Waals surface area contributed by atoms with E-state index in [0.717, 1.165) is 8.95 Å². The van der Waals surface area contributed by atoms with E-state index in [0.29, 0.717) is 16.7 Å². The molecule has 2 amide bonds. The minimum atomic E-state index is -4.11. The van der Waals surface area contributed by atoms with Crippen LogP contribution < -0.4 is 10.0 Å². The number of fused-ring (bicyclic) bond motifs is 1. The van der Waals surface area contributed by atoms with Gasteiger partial charge in [-0.3, -0.25) is 0 Å². The van der Waals surface area contributed by atoms with Crippen molar-refractivity contribution in [2.45, 2.75) is 5.09 Å². The highest BCUT2D eigenvalue weighted by Crippen LogP contribution is 2.26. The summed E-state index contributed by atoms with van der Waals surface area (Å²) in [7, 11) is -4.11. The largest absolute Gasteiger partial charge is 0.443 e. The van der Waals surface area contributed by atoms with Crippen molar-refractivity contribution in [1.29, 1.82) is 0 Å². The van der Waals surface area contributed by atoms with Crippen LogP contribution >= 0.6 is 31.9 Å². The fourth-order valence-electron chi connectivity index (χ4n) is 1.99. The lowest BCUT2D eigenvalue weighted by molar-refractivity contribution is 0.256. The molecule has 0 spiro atoms. The Labute approximate surface area is 154 Å². The predicted octanol–water partition coefficient (Wildman–Crippen LogP) is 4.47. The van der Waals surface area contributed by atoms with Gasteiger partial charge in [-0.25, -0.2) is 9.52 Å². The molecule has 0 atom stereocenters. The van der Waals surface area contributed by atoms with Gasteiger partial charge in [0, 0.05) is 26.1 Å². The summed E-state index contributed by atoms with van der Waals surface area (Å²) in [5.74, 6) is 0. The van der Waals surface area contributed by atoms with Crippen molar-refractivity contribution in [2.24, 2.45) is 0 Å². The third-order valence-electron chi connectivity index (χ3n) is 3.07. The number of carbonyl (C=O) groups is 1. The normalized spacial score (nSPS) is 11.4. The van der Waals surface area contributed by atoms with E-state index in [4.69, 9.17) is 4.42 Å². The number of hydrogen-bond donors (Lipinski definition) is 2. The van der Waals surface area contributed by atoms with E-state index >= 15 is 0 Å². The fraction of sp³-hybridized carbons (Fsp3) is 0. The van der Waals surface area contributed by atoms with Gasteiger partial charge in [-0.2, -0.15) is 8.42 Å². The molecule has 0 radical (unpaired) electrons. The lowest BCUT2D eigenvalue weighted by Crippen LogP contribution is -2.34.